The van der Waals surface area contributed by atoms with Crippen LogP contribution in [0.1, 0.15) is 24.3 Å². The summed E-state index contributed by atoms with van der Waals surface area (Å²) in [5, 5.41) is 0. The summed E-state index contributed by atoms with van der Waals surface area (Å²) in [5.41, 5.74) is 10.9. The molecular formula is C13H18N2O4S2. The minimum Gasteiger partial charge on any atom is -0.370 e. The van der Waals surface area contributed by atoms with Crippen molar-refractivity contribution in [3.63, 3.8) is 0 Å². The number of nitrogens with two attached hydrogens (primary N) is 2. The molecule has 116 valence electrons. The minimum atomic E-state index is -1.38. The van der Waals surface area contributed by atoms with Gasteiger partial charge in [0.1, 0.15) is 0 Å². The predicted octanol–water partition coefficient (Wildman–Crippen LogP) is -0.00420. The van der Waals surface area contributed by atoms with Crippen LogP contribution in [0.4, 0.5) is 0 Å². The van der Waals surface area contributed by atoms with Crippen molar-refractivity contribution in [3.8, 4) is 0 Å². The zero-order chi connectivity index (χ0) is 16.2. The van der Waals surface area contributed by atoms with Crippen molar-refractivity contribution in [3.05, 3.63) is 23.8 Å². The quantitative estimate of drug-likeness (QED) is 0.730. The lowest BCUT2D eigenvalue weighted by atomic mass is 9.93. The Morgan fingerprint density at radius 2 is 1.57 bits per heavy atom. The van der Waals surface area contributed by atoms with Crippen molar-refractivity contribution >= 4 is 33.4 Å². The van der Waals surface area contributed by atoms with Crippen molar-refractivity contribution in [1.82, 2.24) is 0 Å². The number of primary amides is 2. The molecule has 0 aliphatic rings. The minimum absolute atomic E-state index is 0.0337. The number of carbonyl (C=O) groups excluding carboxylic acids is 2. The van der Waals surface area contributed by atoms with Crippen LogP contribution in [0, 0.1) is 0 Å². The summed E-state index contributed by atoms with van der Waals surface area (Å²) in [4.78, 5) is 23.5. The number of rotatable bonds is 7. The average Bonchev–Trinajstić information content (AvgIpc) is 2.37. The van der Waals surface area contributed by atoms with Crippen molar-refractivity contribution in [2.45, 2.75) is 28.6 Å². The van der Waals surface area contributed by atoms with E-state index >= 15 is 0 Å². The summed E-state index contributed by atoms with van der Waals surface area (Å²) in [6.45, 7) is 0. The van der Waals surface area contributed by atoms with Crippen molar-refractivity contribution < 1.29 is 18.0 Å². The molecule has 0 heterocycles. The Balaban J connectivity index is 3.46. The van der Waals surface area contributed by atoms with Crippen LogP contribution in [0.5, 0.6) is 0 Å². The van der Waals surface area contributed by atoms with E-state index in [1.807, 2.05) is 0 Å². The molecule has 0 radical (unpaired) electrons. The summed E-state index contributed by atoms with van der Waals surface area (Å²) in [6, 6.07) is 4.83. The number of amides is 2. The molecule has 1 rings (SSSR count). The van der Waals surface area contributed by atoms with Crippen LogP contribution < -0.4 is 11.5 Å². The Bertz CT molecular complexity index is 584. The molecule has 1 aromatic rings. The Morgan fingerprint density at radius 1 is 1.10 bits per heavy atom. The van der Waals surface area contributed by atoms with Gasteiger partial charge in [0.25, 0.3) is 0 Å². The fraction of sp³-hybridized carbons (Fsp3) is 0.385. The maximum Gasteiger partial charge on any atom is 0.225 e. The van der Waals surface area contributed by atoms with Crippen LogP contribution in [0.3, 0.4) is 0 Å². The largest absolute Gasteiger partial charge is 0.370 e. The van der Waals surface area contributed by atoms with Crippen molar-refractivity contribution in [1.29, 1.82) is 0 Å². The summed E-state index contributed by atoms with van der Waals surface area (Å²) in [7, 11) is -2.75. The summed E-state index contributed by atoms with van der Waals surface area (Å²) in [6.07, 6.45) is 3.00. The standard InChI is InChI=1S/C13H18N2O4S2/c1-20(18)9-4-3-5-10(21(2)19)12(9)8(13(15)17)6-7-11(14)16/h3-5,8H,6-7H2,1-2H3,(H2,14,16)(H2,15,17). The van der Waals surface area contributed by atoms with Gasteiger partial charge in [-0.2, -0.15) is 0 Å². The van der Waals surface area contributed by atoms with Gasteiger partial charge in [0.2, 0.25) is 11.8 Å². The van der Waals surface area contributed by atoms with Crippen LogP contribution >= 0.6 is 0 Å². The van der Waals surface area contributed by atoms with Gasteiger partial charge in [-0.1, -0.05) is 6.07 Å². The number of benzene rings is 1. The molecule has 0 saturated heterocycles. The van der Waals surface area contributed by atoms with Crippen LogP contribution in [0.2, 0.25) is 0 Å². The number of carbonyl (C=O) groups is 2. The molecular weight excluding hydrogens is 312 g/mol. The zero-order valence-electron chi connectivity index (χ0n) is 11.8. The maximum atomic E-state index is 11.9. The van der Waals surface area contributed by atoms with Gasteiger partial charge < -0.3 is 11.5 Å². The van der Waals surface area contributed by atoms with Gasteiger partial charge in [-0.25, -0.2) is 0 Å². The third-order valence-corrected chi connectivity index (χ3v) is 4.97. The monoisotopic (exact) mass is 330 g/mol. The fourth-order valence-electron chi connectivity index (χ4n) is 2.08. The molecule has 0 aliphatic carbocycles. The maximum absolute atomic E-state index is 11.9. The molecule has 6 nitrogen and oxygen atoms in total. The lowest BCUT2D eigenvalue weighted by Gasteiger charge is -2.19. The smallest absolute Gasteiger partial charge is 0.225 e. The molecule has 8 heteroatoms. The van der Waals surface area contributed by atoms with E-state index in [1.54, 1.807) is 18.2 Å². The van der Waals surface area contributed by atoms with E-state index in [2.05, 4.69) is 0 Å². The van der Waals surface area contributed by atoms with Crippen LogP contribution in [-0.2, 0) is 31.2 Å². The highest BCUT2D eigenvalue weighted by molar-refractivity contribution is 7.85. The molecule has 2 amide bonds. The first kappa shape index (κ1) is 17.5. The van der Waals surface area contributed by atoms with Gasteiger partial charge in [-0.15, -0.1) is 0 Å². The molecule has 0 aromatic heterocycles. The van der Waals surface area contributed by atoms with E-state index in [1.165, 1.54) is 12.5 Å². The molecule has 0 bridgehead atoms. The third-order valence-electron chi connectivity index (χ3n) is 3.02. The lowest BCUT2D eigenvalue weighted by Crippen LogP contribution is -2.25. The van der Waals surface area contributed by atoms with Crippen molar-refractivity contribution in [2.75, 3.05) is 12.5 Å². The molecule has 3 unspecified atom stereocenters. The second-order valence-electron chi connectivity index (χ2n) is 4.54. The first-order valence-corrected chi connectivity index (χ1v) is 9.24. The van der Waals surface area contributed by atoms with E-state index in [9.17, 15) is 18.0 Å². The van der Waals surface area contributed by atoms with Gasteiger partial charge >= 0.3 is 0 Å². The second-order valence-corrected chi connectivity index (χ2v) is 7.23. The van der Waals surface area contributed by atoms with E-state index in [0.29, 0.717) is 15.4 Å². The fourth-order valence-corrected chi connectivity index (χ4v) is 3.81. The highest BCUT2D eigenvalue weighted by Gasteiger charge is 2.26. The summed E-state index contributed by atoms with van der Waals surface area (Å²) >= 11 is 0. The van der Waals surface area contributed by atoms with Gasteiger partial charge in [0.05, 0.1) is 27.5 Å². The normalized spacial score (nSPS) is 15.1. The second kappa shape index (κ2) is 7.46. The summed E-state index contributed by atoms with van der Waals surface area (Å²) in [5.74, 6) is -2.08. The van der Waals surface area contributed by atoms with Crippen LogP contribution in [0.15, 0.2) is 28.0 Å². The molecule has 3 atom stereocenters. The Labute approximate surface area is 128 Å². The molecule has 21 heavy (non-hydrogen) atoms. The van der Waals surface area contributed by atoms with Crippen molar-refractivity contribution in [2.24, 2.45) is 11.5 Å². The van der Waals surface area contributed by atoms with Gasteiger partial charge in [-0.05, 0) is 24.1 Å². The zero-order valence-corrected chi connectivity index (χ0v) is 13.5. The van der Waals surface area contributed by atoms with Crippen LogP contribution in [-0.4, -0.2) is 32.7 Å². The molecule has 0 saturated carbocycles. The van der Waals surface area contributed by atoms with Gasteiger partial charge in [-0.3, -0.25) is 18.0 Å². The topological polar surface area (TPSA) is 120 Å². The lowest BCUT2D eigenvalue weighted by molar-refractivity contribution is -0.120. The SMILES string of the molecule is CS(=O)c1cccc(S(C)=O)c1C(CCC(N)=O)C(N)=O. The Morgan fingerprint density at radius 3 is 1.90 bits per heavy atom. The molecule has 4 N–H and O–H groups in total. The van der Waals surface area contributed by atoms with E-state index < -0.39 is 39.3 Å². The van der Waals surface area contributed by atoms with E-state index in [4.69, 9.17) is 11.5 Å². The predicted molar refractivity (Wildman–Crippen MR) is 81.5 cm³/mol. The first-order valence-electron chi connectivity index (χ1n) is 6.13. The van der Waals surface area contributed by atoms with Crippen LogP contribution in [0.25, 0.3) is 0 Å². The molecule has 0 aliphatic heterocycles. The van der Waals surface area contributed by atoms with E-state index in [-0.39, 0.29) is 12.8 Å². The third kappa shape index (κ3) is 4.47. The Hall–Kier alpha value is -1.54. The average molecular weight is 330 g/mol. The highest BCUT2D eigenvalue weighted by atomic mass is 32.2. The molecule has 0 spiro atoms. The molecule has 1 aromatic carbocycles. The van der Waals surface area contributed by atoms with E-state index in [0.717, 1.165) is 0 Å². The first-order chi connectivity index (χ1) is 9.75. The summed E-state index contributed by atoms with van der Waals surface area (Å²) < 4.78 is 23.7. The number of hydrogen-bond donors (Lipinski definition) is 2. The van der Waals surface area contributed by atoms with Gasteiger partial charge in [0, 0.05) is 28.7 Å². The molecule has 0 fully saturated rings. The number of hydrogen-bond acceptors (Lipinski definition) is 4. The Kier molecular flexibility index (Phi) is 6.22. The highest BCUT2D eigenvalue weighted by Crippen LogP contribution is 2.31. The van der Waals surface area contributed by atoms with Gasteiger partial charge in [0.15, 0.2) is 0 Å².